The maximum absolute atomic E-state index is 12.4. The summed E-state index contributed by atoms with van der Waals surface area (Å²) < 4.78 is 0. The quantitative estimate of drug-likeness (QED) is 0.882. The molecule has 1 unspecified atom stereocenters. The number of piperidine rings is 1. The van der Waals surface area contributed by atoms with Gasteiger partial charge in [0.1, 0.15) is 0 Å². The molecule has 1 atom stereocenters. The van der Waals surface area contributed by atoms with Gasteiger partial charge >= 0.3 is 5.97 Å². The maximum Gasteiger partial charge on any atom is 0.308 e. The Bertz CT molecular complexity index is 611. The highest BCUT2D eigenvalue weighted by Gasteiger charge is 2.39. The maximum atomic E-state index is 12.4. The summed E-state index contributed by atoms with van der Waals surface area (Å²) in [5.41, 5.74) is 0.613. The largest absolute Gasteiger partial charge is 0.481 e. The fourth-order valence-electron chi connectivity index (χ4n) is 3.31. The predicted octanol–water partition coefficient (Wildman–Crippen LogP) is 0.619. The van der Waals surface area contributed by atoms with Crippen molar-refractivity contribution in [1.82, 2.24) is 14.8 Å². The van der Waals surface area contributed by atoms with Crippen molar-refractivity contribution >= 4 is 17.8 Å². The van der Waals surface area contributed by atoms with Gasteiger partial charge in [0.2, 0.25) is 5.91 Å². The van der Waals surface area contributed by atoms with Gasteiger partial charge in [-0.3, -0.25) is 19.4 Å². The molecule has 0 radical (unpaired) electrons. The Morgan fingerprint density at radius 3 is 2.39 bits per heavy atom. The number of likely N-dealkylation sites (tertiary alicyclic amines) is 2. The van der Waals surface area contributed by atoms with E-state index in [1.807, 2.05) is 0 Å². The number of carboxylic acids is 1. The lowest BCUT2D eigenvalue weighted by Crippen LogP contribution is -2.47. The molecule has 0 aliphatic carbocycles. The lowest BCUT2D eigenvalue weighted by Gasteiger charge is -2.36. The number of carboxylic acid groups (broad SMARTS) is 1. The summed E-state index contributed by atoms with van der Waals surface area (Å²) in [6, 6.07) is 3.42. The lowest BCUT2D eigenvalue weighted by atomic mass is 10.0. The topological polar surface area (TPSA) is 90.8 Å². The van der Waals surface area contributed by atoms with Crippen LogP contribution in [0, 0.1) is 5.92 Å². The summed E-state index contributed by atoms with van der Waals surface area (Å²) in [4.78, 5) is 42.8. The predicted molar refractivity (Wildman–Crippen MR) is 80.6 cm³/mol. The molecule has 1 aromatic heterocycles. The Kier molecular flexibility index (Phi) is 4.27. The molecule has 2 aliphatic heterocycles. The van der Waals surface area contributed by atoms with Gasteiger partial charge in [0.25, 0.3) is 5.91 Å². The van der Waals surface area contributed by atoms with Crippen LogP contribution in [-0.2, 0) is 9.59 Å². The monoisotopic (exact) mass is 317 g/mol. The highest BCUT2D eigenvalue weighted by Crippen LogP contribution is 2.26. The van der Waals surface area contributed by atoms with E-state index >= 15 is 0 Å². The van der Waals surface area contributed by atoms with E-state index in [4.69, 9.17) is 5.11 Å². The molecule has 3 heterocycles. The van der Waals surface area contributed by atoms with Crippen molar-refractivity contribution in [2.45, 2.75) is 25.3 Å². The van der Waals surface area contributed by atoms with Gasteiger partial charge in [0.05, 0.1) is 5.92 Å². The molecule has 7 nitrogen and oxygen atoms in total. The first kappa shape index (κ1) is 15.5. The zero-order valence-corrected chi connectivity index (χ0v) is 12.7. The van der Waals surface area contributed by atoms with Crippen molar-refractivity contribution in [3.05, 3.63) is 30.1 Å². The van der Waals surface area contributed by atoms with Gasteiger partial charge in [-0.2, -0.15) is 0 Å². The summed E-state index contributed by atoms with van der Waals surface area (Å²) in [6.07, 6.45) is 4.65. The summed E-state index contributed by atoms with van der Waals surface area (Å²) >= 11 is 0. The van der Waals surface area contributed by atoms with Crippen LogP contribution in [0.15, 0.2) is 24.5 Å². The SMILES string of the molecule is O=C(O)C1CC(=O)N(C2CCN(C(=O)c3ccncc3)CC2)C1. The van der Waals surface area contributed by atoms with Gasteiger partial charge in [-0.15, -0.1) is 0 Å². The van der Waals surface area contributed by atoms with Gasteiger partial charge in [0.15, 0.2) is 0 Å². The fraction of sp³-hybridized carbons (Fsp3) is 0.500. The molecule has 1 aromatic rings. The average Bonchev–Trinajstić information content (AvgIpc) is 2.97. The molecule has 7 heteroatoms. The second kappa shape index (κ2) is 6.36. The number of rotatable bonds is 3. The number of amides is 2. The minimum absolute atomic E-state index is 0.0259. The minimum Gasteiger partial charge on any atom is -0.481 e. The van der Waals surface area contributed by atoms with E-state index < -0.39 is 11.9 Å². The first-order chi connectivity index (χ1) is 11.1. The number of aromatic nitrogens is 1. The summed E-state index contributed by atoms with van der Waals surface area (Å²) in [7, 11) is 0. The number of hydrogen-bond donors (Lipinski definition) is 1. The molecule has 23 heavy (non-hydrogen) atoms. The Morgan fingerprint density at radius 1 is 1.17 bits per heavy atom. The molecule has 0 spiro atoms. The van der Waals surface area contributed by atoms with Crippen LogP contribution in [0.4, 0.5) is 0 Å². The van der Waals surface area contributed by atoms with Crippen molar-refractivity contribution in [2.24, 2.45) is 5.92 Å². The Hall–Kier alpha value is -2.44. The number of aliphatic carboxylic acids is 1. The van der Waals surface area contributed by atoms with E-state index in [2.05, 4.69) is 4.98 Å². The zero-order chi connectivity index (χ0) is 16.4. The molecular weight excluding hydrogens is 298 g/mol. The van der Waals surface area contributed by atoms with Crippen molar-refractivity contribution in [3.8, 4) is 0 Å². The van der Waals surface area contributed by atoms with E-state index in [1.165, 1.54) is 0 Å². The van der Waals surface area contributed by atoms with Gasteiger partial charge in [-0.05, 0) is 25.0 Å². The second-order valence-electron chi connectivity index (χ2n) is 6.04. The average molecular weight is 317 g/mol. The first-order valence-electron chi connectivity index (χ1n) is 7.78. The third kappa shape index (κ3) is 3.18. The molecular formula is C16H19N3O4. The van der Waals surface area contributed by atoms with E-state index in [9.17, 15) is 14.4 Å². The molecule has 0 bridgehead atoms. The van der Waals surface area contributed by atoms with Crippen LogP contribution in [0.1, 0.15) is 29.6 Å². The van der Waals surface area contributed by atoms with E-state index in [0.717, 1.165) is 0 Å². The molecule has 2 saturated heterocycles. The van der Waals surface area contributed by atoms with Crippen LogP contribution in [0.2, 0.25) is 0 Å². The van der Waals surface area contributed by atoms with E-state index in [0.29, 0.717) is 31.5 Å². The standard InChI is InChI=1S/C16H19N3O4/c20-14-9-12(16(22)23)10-19(14)13-3-7-18(8-4-13)15(21)11-1-5-17-6-2-11/h1-2,5-6,12-13H,3-4,7-10H2,(H,22,23). The summed E-state index contributed by atoms with van der Waals surface area (Å²) in [5.74, 6) is -1.62. The van der Waals surface area contributed by atoms with Crippen molar-refractivity contribution in [3.63, 3.8) is 0 Å². The zero-order valence-electron chi connectivity index (χ0n) is 12.7. The van der Waals surface area contributed by atoms with Gasteiger partial charge < -0.3 is 14.9 Å². The number of carbonyl (C=O) groups is 3. The van der Waals surface area contributed by atoms with Crippen LogP contribution in [-0.4, -0.2) is 63.4 Å². The molecule has 1 N–H and O–H groups in total. The van der Waals surface area contributed by atoms with Gasteiger partial charge in [0, 0.05) is 50.1 Å². The van der Waals surface area contributed by atoms with Crippen molar-refractivity contribution < 1.29 is 19.5 Å². The summed E-state index contributed by atoms with van der Waals surface area (Å²) in [6.45, 7) is 1.44. The van der Waals surface area contributed by atoms with Crippen LogP contribution in [0.3, 0.4) is 0 Å². The number of nitrogens with zero attached hydrogens (tertiary/aromatic N) is 3. The summed E-state index contributed by atoms with van der Waals surface area (Å²) in [5, 5.41) is 9.05. The highest BCUT2D eigenvalue weighted by molar-refractivity contribution is 5.94. The lowest BCUT2D eigenvalue weighted by molar-refractivity contribution is -0.141. The van der Waals surface area contributed by atoms with E-state index in [1.54, 1.807) is 34.3 Å². The van der Waals surface area contributed by atoms with Crippen LogP contribution >= 0.6 is 0 Å². The minimum atomic E-state index is -0.911. The highest BCUT2D eigenvalue weighted by atomic mass is 16.4. The Labute approximate surface area is 133 Å². The Balaban J connectivity index is 1.58. The molecule has 0 saturated carbocycles. The van der Waals surface area contributed by atoms with E-state index in [-0.39, 0.29) is 30.8 Å². The molecule has 122 valence electrons. The number of pyridine rings is 1. The third-order valence-electron chi connectivity index (χ3n) is 4.63. The smallest absolute Gasteiger partial charge is 0.308 e. The molecule has 2 aliphatic rings. The first-order valence-corrected chi connectivity index (χ1v) is 7.78. The second-order valence-corrected chi connectivity index (χ2v) is 6.04. The van der Waals surface area contributed by atoms with Crippen molar-refractivity contribution in [1.29, 1.82) is 0 Å². The number of hydrogen-bond acceptors (Lipinski definition) is 4. The molecule has 0 aromatic carbocycles. The fourth-order valence-corrected chi connectivity index (χ4v) is 3.31. The van der Waals surface area contributed by atoms with Gasteiger partial charge in [-0.25, -0.2) is 0 Å². The van der Waals surface area contributed by atoms with Gasteiger partial charge in [-0.1, -0.05) is 0 Å². The Morgan fingerprint density at radius 2 is 1.83 bits per heavy atom. The number of carbonyl (C=O) groups excluding carboxylic acids is 2. The third-order valence-corrected chi connectivity index (χ3v) is 4.63. The molecule has 2 amide bonds. The van der Waals surface area contributed by atoms with Crippen LogP contribution < -0.4 is 0 Å². The molecule has 2 fully saturated rings. The van der Waals surface area contributed by atoms with Crippen molar-refractivity contribution in [2.75, 3.05) is 19.6 Å². The van der Waals surface area contributed by atoms with Crippen LogP contribution in [0.25, 0.3) is 0 Å². The normalized spacial score (nSPS) is 22.4. The molecule has 3 rings (SSSR count). The van der Waals surface area contributed by atoms with Crippen LogP contribution in [0.5, 0.6) is 0 Å².